The van der Waals surface area contributed by atoms with E-state index < -0.39 is 0 Å². The molecule has 0 atom stereocenters. The van der Waals surface area contributed by atoms with Crippen LogP contribution in [0.2, 0.25) is 0 Å². The molecule has 2 amide bonds. The SMILES string of the molecule is COc1ccc(NC(=O)c2nc(C(=O)N3CCCC3)c3n2CCCC3)cc1OC. The minimum Gasteiger partial charge on any atom is -0.493 e. The number of benzene rings is 1. The zero-order valence-electron chi connectivity index (χ0n) is 16.9. The van der Waals surface area contributed by atoms with Crippen molar-refractivity contribution in [2.75, 3.05) is 32.6 Å². The van der Waals surface area contributed by atoms with Crippen LogP contribution in [0.1, 0.15) is 52.5 Å². The van der Waals surface area contributed by atoms with Crippen LogP contribution >= 0.6 is 0 Å². The summed E-state index contributed by atoms with van der Waals surface area (Å²) in [4.78, 5) is 32.3. The van der Waals surface area contributed by atoms with Crippen LogP contribution in [0.3, 0.4) is 0 Å². The molecule has 0 bridgehead atoms. The third-order valence-corrected chi connectivity index (χ3v) is 5.56. The Morgan fingerprint density at radius 3 is 2.45 bits per heavy atom. The number of likely N-dealkylation sites (tertiary alicyclic amines) is 1. The average molecular weight is 398 g/mol. The Hall–Kier alpha value is -3.03. The van der Waals surface area contributed by atoms with Crippen LogP contribution in [0, 0.1) is 0 Å². The Labute approximate surface area is 169 Å². The Morgan fingerprint density at radius 2 is 1.72 bits per heavy atom. The fourth-order valence-corrected chi connectivity index (χ4v) is 4.06. The minimum atomic E-state index is -0.333. The van der Waals surface area contributed by atoms with E-state index in [1.165, 1.54) is 0 Å². The van der Waals surface area contributed by atoms with Crippen LogP contribution in [0.25, 0.3) is 0 Å². The zero-order chi connectivity index (χ0) is 20.4. The van der Waals surface area contributed by atoms with Crippen molar-refractivity contribution in [3.05, 3.63) is 35.4 Å². The van der Waals surface area contributed by atoms with E-state index in [9.17, 15) is 9.59 Å². The summed E-state index contributed by atoms with van der Waals surface area (Å²) in [6.45, 7) is 2.22. The predicted molar refractivity (Wildman–Crippen MR) is 108 cm³/mol. The number of rotatable bonds is 5. The normalized spacial score (nSPS) is 15.7. The highest BCUT2D eigenvalue weighted by molar-refractivity contribution is 6.04. The van der Waals surface area contributed by atoms with Gasteiger partial charge in [0.2, 0.25) is 0 Å². The lowest BCUT2D eigenvalue weighted by molar-refractivity contribution is 0.0786. The molecule has 2 aliphatic heterocycles. The van der Waals surface area contributed by atoms with E-state index in [-0.39, 0.29) is 17.6 Å². The first-order valence-corrected chi connectivity index (χ1v) is 10.0. The molecule has 1 saturated heterocycles. The highest BCUT2D eigenvalue weighted by atomic mass is 16.5. The number of nitrogens with one attached hydrogen (secondary N) is 1. The molecule has 29 heavy (non-hydrogen) atoms. The van der Waals surface area contributed by atoms with Gasteiger partial charge in [0.1, 0.15) is 5.69 Å². The Morgan fingerprint density at radius 1 is 1.00 bits per heavy atom. The Bertz CT molecular complexity index is 931. The first-order chi connectivity index (χ1) is 14.1. The fourth-order valence-electron chi connectivity index (χ4n) is 4.06. The molecule has 0 radical (unpaired) electrons. The summed E-state index contributed by atoms with van der Waals surface area (Å²) in [6, 6.07) is 5.18. The van der Waals surface area contributed by atoms with Crippen molar-refractivity contribution in [2.45, 2.75) is 38.6 Å². The van der Waals surface area contributed by atoms with Crippen LogP contribution in [0.15, 0.2) is 18.2 Å². The van der Waals surface area contributed by atoms with Crippen molar-refractivity contribution in [3.63, 3.8) is 0 Å². The molecule has 8 nitrogen and oxygen atoms in total. The van der Waals surface area contributed by atoms with E-state index in [0.29, 0.717) is 29.4 Å². The first-order valence-electron chi connectivity index (χ1n) is 10.0. The van der Waals surface area contributed by atoms with Crippen LogP contribution < -0.4 is 14.8 Å². The number of anilines is 1. The highest BCUT2D eigenvalue weighted by Crippen LogP contribution is 2.30. The summed E-state index contributed by atoms with van der Waals surface area (Å²) in [6.07, 6.45) is 4.79. The van der Waals surface area contributed by atoms with Gasteiger partial charge >= 0.3 is 0 Å². The number of ether oxygens (including phenoxy) is 2. The van der Waals surface area contributed by atoms with Gasteiger partial charge in [-0.25, -0.2) is 4.98 Å². The first kappa shape index (κ1) is 19.3. The summed E-state index contributed by atoms with van der Waals surface area (Å²) in [5, 5.41) is 2.87. The van der Waals surface area contributed by atoms with E-state index in [1.807, 2.05) is 9.47 Å². The highest BCUT2D eigenvalue weighted by Gasteiger charge is 2.30. The summed E-state index contributed by atoms with van der Waals surface area (Å²) < 4.78 is 12.4. The van der Waals surface area contributed by atoms with Gasteiger partial charge < -0.3 is 24.3 Å². The molecule has 1 aromatic carbocycles. The molecule has 0 aliphatic carbocycles. The number of carbonyl (C=O) groups excluding carboxylic acids is 2. The second-order valence-corrected chi connectivity index (χ2v) is 7.36. The molecule has 1 N–H and O–H groups in total. The molecule has 2 aliphatic rings. The zero-order valence-corrected chi connectivity index (χ0v) is 16.9. The van der Waals surface area contributed by atoms with Crippen molar-refractivity contribution in [3.8, 4) is 11.5 Å². The lowest BCUT2D eigenvalue weighted by atomic mass is 10.1. The van der Waals surface area contributed by atoms with Crippen LogP contribution in [-0.2, 0) is 13.0 Å². The van der Waals surface area contributed by atoms with Gasteiger partial charge in [-0.15, -0.1) is 0 Å². The molecule has 8 heteroatoms. The van der Waals surface area contributed by atoms with E-state index >= 15 is 0 Å². The molecular weight excluding hydrogens is 372 g/mol. The number of hydrogen-bond acceptors (Lipinski definition) is 5. The minimum absolute atomic E-state index is 0.0571. The molecular formula is C21H26N4O4. The van der Waals surface area contributed by atoms with Gasteiger partial charge in [-0.2, -0.15) is 0 Å². The molecule has 0 saturated carbocycles. The predicted octanol–water partition coefficient (Wildman–Crippen LogP) is 2.72. The van der Waals surface area contributed by atoms with Crippen LogP contribution in [-0.4, -0.2) is 53.6 Å². The average Bonchev–Trinajstić information content (AvgIpc) is 3.41. The number of aromatic nitrogens is 2. The lowest BCUT2D eigenvalue weighted by Gasteiger charge is -2.19. The van der Waals surface area contributed by atoms with E-state index in [1.54, 1.807) is 32.4 Å². The summed E-state index contributed by atoms with van der Waals surface area (Å²) in [7, 11) is 3.11. The summed E-state index contributed by atoms with van der Waals surface area (Å²) >= 11 is 0. The van der Waals surface area contributed by atoms with E-state index in [2.05, 4.69) is 10.3 Å². The molecule has 2 aromatic rings. The van der Waals surface area contributed by atoms with Crippen LogP contribution in [0.4, 0.5) is 5.69 Å². The number of methoxy groups -OCH3 is 2. The molecule has 0 unspecified atom stereocenters. The van der Waals surface area contributed by atoms with Gasteiger partial charge in [0.15, 0.2) is 17.3 Å². The maximum absolute atomic E-state index is 13.0. The summed E-state index contributed by atoms with van der Waals surface area (Å²) in [5.74, 6) is 1.01. The van der Waals surface area contributed by atoms with Crippen molar-refractivity contribution in [1.82, 2.24) is 14.5 Å². The molecule has 1 aromatic heterocycles. The molecule has 154 valence electrons. The molecule has 4 rings (SSSR count). The van der Waals surface area contributed by atoms with Crippen molar-refractivity contribution >= 4 is 17.5 Å². The van der Waals surface area contributed by atoms with E-state index in [4.69, 9.17) is 9.47 Å². The standard InChI is InChI=1S/C21H26N4O4/c1-28-16-9-8-14(13-17(16)29-2)22-20(26)19-23-18(15-7-3-4-12-25(15)19)21(27)24-10-5-6-11-24/h8-9,13H,3-7,10-12H2,1-2H3,(H,22,26). The molecule has 0 spiro atoms. The smallest absolute Gasteiger partial charge is 0.291 e. The van der Waals surface area contributed by atoms with Gasteiger partial charge in [0, 0.05) is 31.4 Å². The monoisotopic (exact) mass is 398 g/mol. The number of amides is 2. The second kappa shape index (κ2) is 8.14. The third kappa shape index (κ3) is 3.66. The van der Waals surface area contributed by atoms with Gasteiger partial charge in [0.25, 0.3) is 11.8 Å². The number of nitrogens with zero attached hydrogens (tertiary/aromatic N) is 3. The number of hydrogen-bond donors (Lipinski definition) is 1. The van der Waals surface area contributed by atoms with Crippen molar-refractivity contribution in [1.29, 1.82) is 0 Å². The Kier molecular flexibility index (Phi) is 5.42. The number of carbonyl (C=O) groups is 2. The number of fused-ring (bicyclic) bond motifs is 1. The maximum Gasteiger partial charge on any atom is 0.291 e. The van der Waals surface area contributed by atoms with Crippen molar-refractivity contribution in [2.24, 2.45) is 0 Å². The summed E-state index contributed by atoms with van der Waals surface area (Å²) in [5.41, 5.74) is 1.89. The van der Waals surface area contributed by atoms with Gasteiger partial charge in [-0.3, -0.25) is 9.59 Å². The van der Waals surface area contributed by atoms with Crippen LogP contribution in [0.5, 0.6) is 11.5 Å². The Balaban J connectivity index is 1.62. The number of imidazole rings is 1. The van der Waals surface area contributed by atoms with Gasteiger partial charge in [-0.1, -0.05) is 0 Å². The lowest BCUT2D eigenvalue weighted by Crippen LogP contribution is -2.29. The second-order valence-electron chi connectivity index (χ2n) is 7.36. The van der Waals surface area contributed by atoms with Crippen molar-refractivity contribution < 1.29 is 19.1 Å². The quantitative estimate of drug-likeness (QED) is 0.837. The largest absolute Gasteiger partial charge is 0.493 e. The van der Waals surface area contributed by atoms with Gasteiger partial charge in [0.05, 0.1) is 19.9 Å². The molecule has 3 heterocycles. The van der Waals surface area contributed by atoms with E-state index in [0.717, 1.165) is 50.9 Å². The molecule has 1 fully saturated rings. The topological polar surface area (TPSA) is 85.7 Å². The fraction of sp³-hybridized carbons (Fsp3) is 0.476. The third-order valence-electron chi connectivity index (χ3n) is 5.56. The van der Waals surface area contributed by atoms with Gasteiger partial charge in [-0.05, 0) is 44.2 Å². The maximum atomic E-state index is 13.0.